The SMILES string of the molecule is C=C(C)CC(N)c1coc2ccccc12. The Bertz CT molecular complexity index is 484. The van der Waals surface area contributed by atoms with E-state index < -0.39 is 0 Å². The molecule has 2 aromatic rings. The summed E-state index contributed by atoms with van der Waals surface area (Å²) in [5.41, 5.74) is 9.13. The molecule has 1 unspecified atom stereocenters. The Balaban J connectivity index is 2.39. The summed E-state index contributed by atoms with van der Waals surface area (Å²) in [6.45, 7) is 5.86. The highest BCUT2D eigenvalue weighted by atomic mass is 16.3. The van der Waals surface area contributed by atoms with E-state index in [1.54, 1.807) is 6.26 Å². The topological polar surface area (TPSA) is 39.2 Å². The van der Waals surface area contributed by atoms with Crippen LogP contribution in [-0.4, -0.2) is 0 Å². The molecule has 1 atom stereocenters. The van der Waals surface area contributed by atoms with Crippen LogP contribution in [0.2, 0.25) is 0 Å². The molecule has 0 aliphatic carbocycles. The number of rotatable bonds is 3. The number of benzene rings is 1. The third kappa shape index (κ3) is 1.95. The van der Waals surface area contributed by atoms with E-state index in [1.807, 2.05) is 31.2 Å². The van der Waals surface area contributed by atoms with E-state index in [4.69, 9.17) is 10.2 Å². The van der Waals surface area contributed by atoms with Crippen LogP contribution in [-0.2, 0) is 0 Å². The highest BCUT2D eigenvalue weighted by Gasteiger charge is 2.12. The number of hydrogen-bond donors (Lipinski definition) is 1. The minimum absolute atomic E-state index is 0.0221. The van der Waals surface area contributed by atoms with Gasteiger partial charge in [0.2, 0.25) is 0 Å². The molecule has 2 nitrogen and oxygen atoms in total. The van der Waals surface area contributed by atoms with Gasteiger partial charge in [-0.3, -0.25) is 0 Å². The van der Waals surface area contributed by atoms with Crippen LogP contribution in [0.15, 0.2) is 47.1 Å². The molecule has 0 bridgehead atoms. The lowest BCUT2D eigenvalue weighted by Crippen LogP contribution is -2.09. The molecule has 78 valence electrons. The molecule has 0 fully saturated rings. The number of hydrogen-bond acceptors (Lipinski definition) is 2. The first-order chi connectivity index (χ1) is 7.18. The van der Waals surface area contributed by atoms with Crippen LogP contribution in [0.3, 0.4) is 0 Å². The van der Waals surface area contributed by atoms with Gasteiger partial charge in [0.25, 0.3) is 0 Å². The predicted octanol–water partition coefficient (Wildman–Crippen LogP) is 3.40. The van der Waals surface area contributed by atoms with Gasteiger partial charge in [-0.1, -0.05) is 23.8 Å². The van der Waals surface area contributed by atoms with Gasteiger partial charge in [0, 0.05) is 17.0 Å². The van der Waals surface area contributed by atoms with Gasteiger partial charge in [0.15, 0.2) is 0 Å². The second-order valence-corrected chi connectivity index (χ2v) is 3.95. The van der Waals surface area contributed by atoms with Gasteiger partial charge in [0.1, 0.15) is 5.58 Å². The monoisotopic (exact) mass is 201 g/mol. The molecule has 1 heterocycles. The Morgan fingerprint density at radius 1 is 1.47 bits per heavy atom. The summed E-state index contributed by atoms with van der Waals surface area (Å²) in [4.78, 5) is 0. The summed E-state index contributed by atoms with van der Waals surface area (Å²) < 4.78 is 5.44. The van der Waals surface area contributed by atoms with Crippen molar-refractivity contribution >= 4 is 11.0 Å². The molecule has 0 spiro atoms. The van der Waals surface area contributed by atoms with Crippen LogP contribution in [0.25, 0.3) is 11.0 Å². The highest BCUT2D eigenvalue weighted by Crippen LogP contribution is 2.27. The summed E-state index contributed by atoms with van der Waals surface area (Å²) in [6.07, 6.45) is 2.54. The summed E-state index contributed by atoms with van der Waals surface area (Å²) in [5, 5.41) is 1.10. The van der Waals surface area contributed by atoms with Gasteiger partial charge in [-0.05, 0) is 19.4 Å². The Morgan fingerprint density at radius 2 is 2.20 bits per heavy atom. The van der Waals surface area contributed by atoms with Gasteiger partial charge in [0.05, 0.1) is 6.26 Å². The Morgan fingerprint density at radius 3 is 2.93 bits per heavy atom. The first-order valence-electron chi connectivity index (χ1n) is 5.04. The molecular weight excluding hydrogens is 186 g/mol. The molecule has 0 saturated carbocycles. The second-order valence-electron chi connectivity index (χ2n) is 3.95. The molecule has 15 heavy (non-hydrogen) atoms. The zero-order chi connectivity index (χ0) is 10.8. The molecular formula is C13H15NO. The number of furan rings is 1. The lowest BCUT2D eigenvalue weighted by molar-refractivity contribution is 0.599. The van der Waals surface area contributed by atoms with E-state index in [2.05, 4.69) is 6.58 Å². The van der Waals surface area contributed by atoms with E-state index in [0.717, 1.165) is 28.5 Å². The summed E-state index contributed by atoms with van der Waals surface area (Å²) >= 11 is 0. The fraction of sp³-hybridized carbons (Fsp3) is 0.231. The van der Waals surface area contributed by atoms with E-state index in [-0.39, 0.29) is 6.04 Å². The van der Waals surface area contributed by atoms with Crippen molar-refractivity contribution in [2.24, 2.45) is 5.73 Å². The van der Waals surface area contributed by atoms with Crippen molar-refractivity contribution < 1.29 is 4.42 Å². The van der Waals surface area contributed by atoms with Crippen molar-refractivity contribution in [2.45, 2.75) is 19.4 Å². The predicted molar refractivity (Wildman–Crippen MR) is 62.6 cm³/mol. The fourth-order valence-electron chi connectivity index (χ4n) is 1.77. The third-order valence-corrected chi connectivity index (χ3v) is 2.48. The molecule has 1 aromatic carbocycles. The van der Waals surface area contributed by atoms with Gasteiger partial charge >= 0.3 is 0 Å². The highest BCUT2D eigenvalue weighted by molar-refractivity contribution is 5.81. The molecule has 0 radical (unpaired) electrons. The van der Waals surface area contributed by atoms with Gasteiger partial charge < -0.3 is 10.2 Å². The normalized spacial score (nSPS) is 12.9. The minimum atomic E-state index is -0.0221. The van der Waals surface area contributed by atoms with Crippen molar-refractivity contribution in [1.29, 1.82) is 0 Å². The summed E-state index contributed by atoms with van der Waals surface area (Å²) in [6, 6.07) is 7.92. The Labute approximate surface area is 89.4 Å². The maximum atomic E-state index is 6.09. The summed E-state index contributed by atoms with van der Waals surface area (Å²) in [5.74, 6) is 0. The maximum Gasteiger partial charge on any atom is 0.134 e. The Kier molecular flexibility index (Phi) is 2.60. The third-order valence-electron chi connectivity index (χ3n) is 2.48. The van der Waals surface area contributed by atoms with Gasteiger partial charge in [-0.15, -0.1) is 6.58 Å². The second kappa shape index (κ2) is 3.91. The average Bonchev–Trinajstić information content (AvgIpc) is 2.59. The van der Waals surface area contributed by atoms with Crippen LogP contribution < -0.4 is 5.73 Å². The standard InChI is InChI=1S/C13H15NO/c1-9(2)7-12(14)11-8-15-13-6-4-3-5-10(11)13/h3-6,8,12H,1,7,14H2,2H3. The smallest absolute Gasteiger partial charge is 0.134 e. The molecule has 2 rings (SSSR count). The van der Waals surface area contributed by atoms with E-state index in [0.29, 0.717) is 0 Å². The van der Waals surface area contributed by atoms with Gasteiger partial charge in [-0.25, -0.2) is 0 Å². The van der Waals surface area contributed by atoms with Crippen molar-refractivity contribution in [3.63, 3.8) is 0 Å². The van der Waals surface area contributed by atoms with Crippen LogP contribution >= 0.6 is 0 Å². The van der Waals surface area contributed by atoms with E-state index in [1.165, 1.54) is 0 Å². The van der Waals surface area contributed by atoms with Crippen LogP contribution in [0.4, 0.5) is 0 Å². The van der Waals surface area contributed by atoms with Crippen LogP contribution in [0.5, 0.6) is 0 Å². The summed E-state index contributed by atoms with van der Waals surface area (Å²) in [7, 11) is 0. The number of fused-ring (bicyclic) bond motifs is 1. The molecule has 0 amide bonds. The van der Waals surface area contributed by atoms with E-state index >= 15 is 0 Å². The van der Waals surface area contributed by atoms with Crippen molar-refractivity contribution in [3.05, 3.63) is 48.2 Å². The molecule has 0 aliphatic rings. The Hall–Kier alpha value is -1.54. The fourth-order valence-corrected chi connectivity index (χ4v) is 1.77. The minimum Gasteiger partial charge on any atom is -0.464 e. The lowest BCUT2D eigenvalue weighted by Gasteiger charge is -2.09. The zero-order valence-electron chi connectivity index (χ0n) is 8.86. The molecule has 0 aliphatic heterocycles. The van der Waals surface area contributed by atoms with Gasteiger partial charge in [-0.2, -0.15) is 0 Å². The molecule has 1 aromatic heterocycles. The van der Waals surface area contributed by atoms with Crippen molar-refractivity contribution in [1.82, 2.24) is 0 Å². The van der Waals surface area contributed by atoms with Crippen LogP contribution in [0.1, 0.15) is 24.9 Å². The largest absolute Gasteiger partial charge is 0.464 e. The van der Waals surface area contributed by atoms with Crippen molar-refractivity contribution in [2.75, 3.05) is 0 Å². The average molecular weight is 201 g/mol. The van der Waals surface area contributed by atoms with E-state index in [9.17, 15) is 0 Å². The number of nitrogens with two attached hydrogens (primary N) is 1. The zero-order valence-corrected chi connectivity index (χ0v) is 8.86. The van der Waals surface area contributed by atoms with Crippen molar-refractivity contribution in [3.8, 4) is 0 Å². The molecule has 2 N–H and O–H groups in total. The molecule has 0 saturated heterocycles. The molecule has 2 heteroatoms. The lowest BCUT2D eigenvalue weighted by atomic mass is 10.0. The van der Waals surface area contributed by atoms with Crippen LogP contribution in [0, 0.1) is 0 Å². The first-order valence-corrected chi connectivity index (χ1v) is 5.04. The maximum absolute atomic E-state index is 6.09. The quantitative estimate of drug-likeness (QED) is 0.773. The first kappa shape index (κ1) is 9.99. The number of para-hydroxylation sites is 1.